The van der Waals surface area contributed by atoms with Crippen molar-refractivity contribution in [2.24, 2.45) is 11.5 Å². The molecular weight excluding hydrogens is 152 g/mol. The van der Waals surface area contributed by atoms with E-state index in [1.54, 1.807) is 7.05 Å². The monoisotopic (exact) mass is 170 g/mol. The van der Waals surface area contributed by atoms with E-state index >= 15 is 0 Å². The van der Waals surface area contributed by atoms with Crippen LogP contribution < -0.4 is 22.1 Å². The predicted octanol–water partition coefficient (Wildman–Crippen LogP) is -0.544. The zero-order valence-electron chi connectivity index (χ0n) is 7.72. The van der Waals surface area contributed by atoms with Gasteiger partial charge in [-0.25, -0.2) is 0 Å². The van der Waals surface area contributed by atoms with Gasteiger partial charge in [0, 0.05) is 25.8 Å². The molecule has 0 aliphatic carbocycles. The Morgan fingerprint density at radius 1 is 1.67 bits per heavy atom. The van der Waals surface area contributed by atoms with E-state index in [4.69, 9.17) is 11.5 Å². The number of nitrogens with one attached hydrogen (secondary N) is 2. The van der Waals surface area contributed by atoms with Crippen molar-refractivity contribution in [1.29, 1.82) is 0 Å². The molecule has 0 fully saturated rings. The number of hydrogen-bond donors (Lipinski definition) is 4. The quantitative estimate of drug-likeness (QED) is 0.418. The summed E-state index contributed by atoms with van der Waals surface area (Å²) in [6, 6.07) is 0.199. The lowest BCUT2D eigenvalue weighted by molar-refractivity contribution is 0.621. The zero-order valence-corrected chi connectivity index (χ0v) is 7.72. The van der Waals surface area contributed by atoms with Crippen LogP contribution in [0.1, 0.15) is 6.92 Å². The number of hydrogen-bond acceptors (Lipinski definition) is 4. The lowest BCUT2D eigenvalue weighted by atomic mass is 10.3. The molecule has 0 amide bonds. The Hall–Kier alpha value is -1.16. The Kier molecular flexibility index (Phi) is 4.96. The van der Waals surface area contributed by atoms with E-state index in [-0.39, 0.29) is 6.04 Å². The number of rotatable bonds is 5. The summed E-state index contributed by atoms with van der Waals surface area (Å²) in [7, 11) is 1.79. The van der Waals surface area contributed by atoms with Gasteiger partial charge in [-0.3, -0.25) is 0 Å². The fraction of sp³-hybridized carbons (Fsp3) is 0.500. The molecule has 0 aliphatic heterocycles. The van der Waals surface area contributed by atoms with Crippen LogP contribution in [0, 0.1) is 0 Å². The Bertz CT molecular complexity index is 174. The standard InChI is InChI=1S/C8H18N4/c1-6(4-9)12-8(5-10)7(2)11-3/h5-6,11-12H,2,4,9-10H2,1,3H3/b8-5-/t6-/m1/s1. The smallest absolute Gasteiger partial charge is 0.0729 e. The molecule has 0 saturated carbocycles. The van der Waals surface area contributed by atoms with Crippen molar-refractivity contribution in [3.05, 3.63) is 24.2 Å². The van der Waals surface area contributed by atoms with Gasteiger partial charge in [-0.15, -0.1) is 0 Å². The van der Waals surface area contributed by atoms with Crippen LogP contribution >= 0.6 is 0 Å². The third kappa shape index (κ3) is 3.30. The summed E-state index contributed by atoms with van der Waals surface area (Å²) < 4.78 is 0. The molecule has 0 aromatic heterocycles. The molecular formula is C8H18N4. The van der Waals surface area contributed by atoms with Crippen LogP contribution in [0.2, 0.25) is 0 Å². The van der Waals surface area contributed by atoms with Crippen LogP contribution in [-0.2, 0) is 0 Å². The van der Waals surface area contributed by atoms with Gasteiger partial charge in [-0.2, -0.15) is 0 Å². The molecule has 0 bridgehead atoms. The summed E-state index contributed by atoms with van der Waals surface area (Å²) in [6.45, 7) is 6.31. The highest BCUT2D eigenvalue weighted by atomic mass is 15.0. The first-order chi connectivity index (χ1) is 5.65. The molecule has 6 N–H and O–H groups in total. The van der Waals surface area contributed by atoms with Gasteiger partial charge in [0.15, 0.2) is 0 Å². The molecule has 0 saturated heterocycles. The fourth-order valence-electron chi connectivity index (χ4n) is 0.695. The van der Waals surface area contributed by atoms with E-state index < -0.39 is 0 Å². The maximum absolute atomic E-state index is 5.44. The summed E-state index contributed by atoms with van der Waals surface area (Å²) in [5.74, 6) is 0. The van der Waals surface area contributed by atoms with Gasteiger partial charge < -0.3 is 22.1 Å². The Morgan fingerprint density at radius 2 is 2.25 bits per heavy atom. The van der Waals surface area contributed by atoms with Gasteiger partial charge in [-0.05, 0) is 6.92 Å². The van der Waals surface area contributed by atoms with Gasteiger partial charge >= 0.3 is 0 Å². The summed E-state index contributed by atoms with van der Waals surface area (Å²) in [5.41, 5.74) is 12.4. The molecule has 0 spiro atoms. The van der Waals surface area contributed by atoms with Crippen LogP contribution in [0.15, 0.2) is 24.2 Å². The number of likely N-dealkylation sites (N-methyl/N-ethyl adjacent to an activating group) is 1. The van der Waals surface area contributed by atoms with E-state index in [1.165, 1.54) is 6.20 Å². The van der Waals surface area contributed by atoms with Crippen LogP contribution in [0.5, 0.6) is 0 Å². The lowest BCUT2D eigenvalue weighted by Crippen LogP contribution is -2.35. The van der Waals surface area contributed by atoms with Gasteiger partial charge in [0.1, 0.15) is 0 Å². The SMILES string of the molecule is C=C(NC)/C(=C/N)N[C@H](C)CN. The van der Waals surface area contributed by atoms with Gasteiger partial charge in [0.2, 0.25) is 0 Å². The largest absolute Gasteiger partial charge is 0.403 e. The van der Waals surface area contributed by atoms with Gasteiger partial charge in [0.25, 0.3) is 0 Å². The van der Waals surface area contributed by atoms with Gasteiger partial charge in [0.05, 0.1) is 11.4 Å². The molecule has 0 aromatic rings. The van der Waals surface area contributed by atoms with Crippen molar-refractivity contribution in [2.75, 3.05) is 13.6 Å². The highest BCUT2D eigenvalue weighted by Gasteiger charge is 2.03. The molecule has 4 nitrogen and oxygen atoms in total. The highest BCUT2D eigenvalue weighted by molar-refractivity contribution is 5.24. The van der Waals surface area contributed by atoms with Crippen LogP contribution in [-0.4, -0.2) is 19.6 Å². The summed E-state index contributed by atoms with van der Waals surface area (Å²) in [4.78, 5) is 0. The molecule has 0 rings (SSSR count). The van der Waals surface area contributed by atoms with Crippen molar-refractivity contribution in [3.63, 3.8) is 0 Å². The van der Waals surface area contributed by atoms with Crippen molar-refractivity contribution in [1.82, 2.24) is 10.6 Å². The van der Waals surface area contributed by atoms with Crippen molar-refractivity contribution in [3.8, 4) is 0 Å². The minimum Gasteiger partial charge on any atom is -0.403 e. The third-order valence-electron chi connectivity index (χ3n) is 1.55. The Labute approximate surface area is 73.7 Å². The second-order valence-corrected chi connectivity index (χ2v) is 2.59. The molecule has 0 aromatic carbocycles. The molecule has 12 heavy (non-hydrogen) atoms. The van der Waals surface area contributed by atoms with E-state index in [1.807, 2.05) is 6.92 Å². The van der Waals surface area contributed by atoms with Crippen LogP contribution in [0.25, 0.3) is 0 Å². The Morgan fingerprint density at radius 3 is 2.58 bits per heavy atom. The Balaban J connectivity index is 4.10. The second kappa shape index (κ2) is 5.49. The first-order valence-electron chi connectivity index (χ1n) is 3.91. The first-order valence-corrected chi connectivity index (χ1v) is 3.91. The average molecular weight is 170 g/mol. The zero-order chi connectivity index (χ0) is 9.56. The molecule has 0 radical (unpaired) electrons. The highest BCUT2D eigenvalue weighted by Crippen LogP contribution is 1.98. The average Bonchev–Trinajstić information content (AvgIpc) is 2.12. The summed E-state index contributed by atoms with van der Waals surface area (Å²) in [6.07, 6.45) is 1.48. The third-order valence-corrected chi connectivity index (χ3v) is 1.55. The summed E-state index contributed by atoms with van der Waals surface area (Å²) >= 11 is 0. The number of nitrogens with two attached hydrogens (primary N) is 2. The maximum Gasteiger partial charge on any atom is 0.0729 e. The lowest BCUT2D eigenvalue weighted by Gasteiger charge is -2.17. The summed E-state index contributed by atoms with van der Waals surface area (Å²) in [5, 5.41) is 6.02. The van der Waals surface area contributed by atoms with Crippen molar-refractivity contribution >= 4 is 0 Å². The van der Waals surface area contributed by atoms with E-state index in [9.17, 15) is 0 Å². The van der Waals surface area contributed by atoms with Crippen LogP contribution in [0.3, 0.4) is 0 Å². The predicted molar refractivity (Wildman–Crippen MR) is 52.1 cm³/mol. The molecule has 0 unspecified atom stereocenters. The molecule has 70 valence electrons. The first kappa shape index (κ1) is 10.8. The minimum atomic E-state index is 0.199. The van der Waals surface area contributed by atoms with E-state index in [0.717, 1.165) is 11.4 Å². The van der Waals surface area contributed by atoms with E-state index in [2.05, 4.69) is 17.2 Å². The van der Waals surface area contributed by atoms with Crippen molar-refractivity contribution in [2.45, 2.75) is 13.0 Å². The van der Waals surface area contributed by atoms with E-state index in [0.29, 0.717) is 6.54 Å². The fourth-order valence-corrected chi connectivity index (χ4v) is 0.695. The molecule has 0 heterocycles. The maximum atomic E-state index is 5.44. The molecule has 0 aliphatic rings. The van der Waals surface area contributed by atoms with Crippen LogP contribution in [0.4, 0.5) is 0 Å². The topological polar surface area (TPSA) is 76.1 Å². The normalized spacial score (nSPS) is 13.8. The second-order valence-electron chi connectivity index (χ2n) is 2.59. The minimum absolute atomic E-state index is 0.199. The van der Waals surface area contributed by atoms with Gasteiger partial charge in [-0.1, -0.05) is 6.58 Å². The molecule has 4 heteroatoms. The van der Waals surface area contributed by atoms with Crippen molar-refractivity contribution < 1.29 is 0 Å². The molecule has 1 atom stereocenters.